The summed E-state index contributed by atoms with van der Waals surface area (Å²) in [5.74, 6) is 0.163. The van der Waals surface area contributed by atoms with E-state index in [0.717, 1.165) is 31.5 Å². The van der Waals surface area contributed by atoms with E-state index < -0.39 is 0 Å². The van der Waals surface area contributed by atoms with Crippen molar-refractivity contribution in [2.45, 2.75) is 25.3 Å². The SMILES string of the molecule is O=C(CNC(CCO)c1ccccc1)N1CCCC1. The highest BCUT2D eigenvalue weighted by molar-refractivity contribution is 5.78. The number of benzene rings is 1. The number of hydrogen-bond donors (Lipinski definition) is 2. The molecule has 1 amide bonds. The van der Waals surface area contributed by atoms with E-state index in [0.29, 0.717) is 13.0 Å². The molecule has 2 rings (SSSR count). The van der Waals surface area contributed by atoms with Gasteiger partial charge in [0.25, 0.3) is 0 Å². The molecule has 1 aromatic rings. The lowest BCUT2D eigenvalue weighted by Gasteiger charge is -2.21. The van der Waals surface area contributed by atoms with Crippen molar-refractivity contribution in [1.82, 2.24) is 10.2 Å². The molecule has 1 fully saturated rings. The van der Waals surface area contributed by atoms with Gasteiger partial charge < -0.3 is 15.3 Å². The molecule has 0 aliphatic carbocycles. The number of carbonyl (C=O) groups is 1. The van der Waals surface area contributed by atoms with Crippen LogP contribution in [0.2, 0.25) is 0 Å². The fraction of sp³-hybridized carbons (Fsp3) is 0.533. The molecular formula is C15H22N2O2. The van der Waals surface area contributed by atoms with E-state index in [9.17, 15) is 4.79 Å². The highest BCUT2D eigenvalue weighted by atomic mass is 16.3. The molecule has 1 saturated heterocycles. The quantitative estimate of drug-likeness (QED) is 0.813. The number of likely N-dealkylation sites (tertiary alicyclic amines) is 1. The van der Waals surface area contributed by atoms with Crippen LogP contribution in [0.25, 0.3) is 0 Å². The zero-order chi connectivity index (χ0) is 13.5. The standard InChI is InChI=1S/C15H22N2O2/c18-11-8-14(13-6-2-1-3-7-13)16-12-15(19)17-9-4-5-10-17/h1-3,6-7,14,16,18H,4-5,8-12H2. The van der Waals surface area contributed by atoms with Gasteiger partial charge in [-0.15, -0.1) is 0 Å². The van der Waals surface area contributed by atoms with Crippen LogP contribution in [0.1, 0.15) is 30.9 Å². The summed E-state index contributed by atoms with van der Waals surface area (Å²) in [6.07, 6.45) is 2.85. The Balaban J connectivity index is 1.88. The van der Waals surface area contributed by atoms with Crippen LogP contribution in [-0.2, 0) is 4.79 Å². The van der Waals surface area contributed by atoms with E-state index in [-0.39, 0.29) is 18.6 Å². The molecular weight excluding hydrogens is 240 g/mol. The molecule has 0 aromatic heterocycles. The largest absolute Gasteiger partial charge is 0.396 e. The van der Waals surface area contributed by atoms with Gasteiger partial charge in [0, 0.05) is 25.7 Å². The minimum absolute atomic E-state index is 0.0396. The fourth-order valence-corrected chi connectivity index (χ4v) is 2.49. The van der Waals surface area contributed by atoms with Crippen molar-refractivity contribution in [3.05, 3.63) is 35.9 Å². The number of aliphatic hydroxyl groups is 1. The highest BCUT2D eigenvalue weighted by Crippen LogP contribution is 2.16. The van der Waals surface area contributed by atoms with Crippen molar-refractivity contribution in [3.63, 3.8) is 0 Å². The maximum Gasteiger partial charge on any atom is 0.236 e. The first-order valence-electron chi connectivity index (χ1n) is 6.98. The molecule has 1 aliphatic heterocycles. The van der Waals surface area contributed by atoms with E-state index >= 15 is 0 Å². The molecule has 1 aliphatic rings. The van der Waals surface area contributed by atoms with E-state index in [2.05, 4.69) is 5.32 Å². The number of nitrogens with one attached hydrogen (secondary N) is 1. The number of rotatable bonds is 6. The molecule has 4 nitrogen and oxygen atoms in total. The molecule has 1 heterocycles. The second kappa shape index (κ2) is 7.26. The average molecular weight is 262 g/mol. The first-order chi connectivity index (χ1) is 9.31. The van der Waals surface area contributed by atoms with Gasteiger partial charge in [0.1, 0.15) is 0 Å². The Kier molecular flexibility index (Phi) is 5.36. The number of hydrogen-bond acceptors (Lipinski definition) is 3. The average Bonchev–Trinajstić information content (AvgIpc) is 2.98. The molecule has 0 bridgehead atoms. The minimum atomic E-state index is 0.0396. The van der Waals surface area contributed by atoms with Crippen LogP contribution in [-0.4, -0.2) is 42.2 Å². The van der Waals surface area contributed by atoms with Gasteiger partial charge >= 0.3 is 0 Å². The van der Waals surface area contributed by atoms with E-state index in [1.807, 2.05) is 35.2 Å². The minimum Gasteiger partial charge on any atom is -0.396 e. The third-order valence-corrected chi connectivity index (χ3v) is 3.58. The van der Waals surface area contributed by atoms with Crippen molar-refractivity contribution >= 4 is 5.91 Å². The van der Waals surface area contributed by atoms with Gasteiger partial charge in [-0.3, -0.25) is 4.79 Å². The Morgan fingerprint density at radius 1 is 1.26 bits per heavy atom. The number of carbonyl (C=O) groups excluding carboxylic acids is 1. The van der Waals surface area contributed by atoms with Crippen molar-refractivity contribution in [1.29, 1.82) is 0 Å². The van der Waals surface area contributed by atoms with Crippen molar-refractivity contribution in [3.8, 4) is 0 Å². The van der Waals surface area contributed by atoms with Crippen LogP contribution in [0.15, 0.2) is 30.3 Å². The van der Waals surface area contributed by atoms with Gasteiger partial charge in [0.2, 0.25) is 5.91 Å². The molecule has 1 aromatic carbocycles. The fourth-order valence-electron chi connectivity index (χ4n) is 2.49. The van der Waals surface area contributed by atoms with Crippen LogP contribution in [0.5, 0.6) is 0 Å². The second-order valence-electron chi connectivity index (χ2n) is 4.94. The Hall–Kier alpha value is -1.39. The molecule has 4 heteroatoms. The van der Waals surface area contributed by atoms with Crippen LogP contribution < -0.4 is 5.32 Å². The number of aliphatic hydroxyl groups excluding tert-OH is 1. The Labute approximate surface area is 114 Å². The van der Waals surface area contributed by atoms with Gasteiger partial charge in [-0.05, 0) is 24.8 Å². The predicted molar refractivity (Wildman–Crippen MR) is 74.7 cm³/mol. The Morgan fingerprint density at radius 3 is 2.58 bits per heavy atom. The number of amides is 1. The molecule has 0 spiro atoms. The summed E-state index contributed by atoms with van der Waals surface area (Å²) in [6.45, 7) is 2.23. The normalized spacial score (nSPS) is 16.6. The Morgan fingerprint density at radius 2 is 1.95 bits per heavy atom. The molecule has 1 atom stereocenters. The highest BCUT2D eigenvalue weighted by Gasteiger charge is 2.19. The summed E-state index contributed by atoms with van der Waals surface area (Å²) in [4.78, 5) is 13.9. The summed E-state index contributed by atoms with van der Waals surface area (Å²) >= 11 is 0. The molecule has 19 heavy (non-hydrogen) atoms. The zero-order valence-corrected chi connectivity index (χ0v) is 11.2. The molecule has 1 unspecified atom stereocenters. The molecule has 0 radical (unpaired) electrons. The molecule has 0 saturated carbocycles. The van der Waals surface area contributed by atoms with E-state index in [1.54, 1.807) is 0 Å². The topological polar surface area (TPSA) is 52.6 Å². The van der Waals surface area contributed by atoms with Crippen LogP contribution in [0.4, 0.5) is 0 Å². The first kappa shape index (κ1) is 14.0. The summed E-state index contributed by atoms with van der Waals surface area (Å²) < 4.78 is 0. The Bertz CT molecular complexity index is 388. The molecule has 2 N–H and O–H groups in total. The summed E-state index contributed by atoms with van der Waals surface area (Å²) in [6, 6.07) is 10.0. The smallest absolute Gasteiger partial charge is 0.236 e. The third-order valence-electron chi connectivity index (χ3n) is 3.58. The van der Waals surface area contributed by atoms with Crippen molar-refractivity contribution < 1.29 is 9.90 Å². The lowest BCUT2D eigenvalue weighted by molar-refractivity contribution is -0.129. The summed E-state index contributed by atoms with van der Waals surface area (Å²) in [5, 5.41) is 12.4. The van der Waals surface area contributed by atoms with Gasteiger partial charge in [-0.2, -0.15) is 0 Å². The van der Waals surface area contributed by atoms with Crippen LogP contribution in [0.3, 0.4) is 0 Å². The van der Waals surface area contributed by atoms with Gasteiger partial charge in [0.05, 0.1) is 6.54 Å². The maximum atomic E-state index is 12.0. The monoisotopic (exact) mass is 262 g/mol. The lowest BCUT2D eigenvalue weighted by Crippen LogP contribution is -2.37. The van der Waals surface area contributed by atoms with Gasteiger partial charge in [-0.25, -0.2) is 0 Å². The zero-order valence-electron chi connectivity index (χ0n) is 11.2. The van der Waals surface area contributed by atoms with Crippen LogP contribution in [0, 0.1) is 0 Å². The predicted octanol–water partition coefficient (Wildman–Crippen LogP) is 1.32. The van der Waals surface area contributed by atoms with Crippen molar-refractivity contribution in [2.24, 2.45) is 0 Å². The number of nitrogens with zero attached hydrogens (tertiary/aromatic N) is 1. The summed E-state index contributed by atoms with van der Waals surface area (Å²) in [5.41, 5.74) is 1.12. The van der Waals surface area contributed by atoms with E-state index in [1.165, 1.54) is 0 Å². The van der Waals surface area contributed by atoms with Crippen LogP contribution >= 0.6 is 0 Å². The van der Waals surface area contributed by atoms with Crippen molar-refractivity contribution in [2.75, 3.05) is 26.2 Å². The maximum absolute atomic E-state index is 12.0. The second-order valence-corrected chi connectivity index (χ2v) is 4.94. The van der Waals surface area contributed by atoms with Gasteiger partial charge in [-0.1, -0.05) is 30.3 Å². The van der Waals surface area contributed by atoms with Gasteiger partial charge in [0.15, 0.2) is 0 Å². The lowest BCUT2D eigenvalue weighted by atomic mass is 10.0. The molecule has 104 valence electrons. The summed E-state index contributed by atoms with van der Waals surface area (Å²) in [7, 11) is 0. The van der Waals surface area contributed by atoms with E-state index in [4.69, 9.17) is 5.11 Å². The first-order valence-corrected chi connectivity index (χ1v) is 6.98. The third kappa shape index (κ3) is 4.04.